The fourth-order valence-electron chi connectivity index (χ4n) is 3.95. The maximum absolute atomic E-state index is 12.4. The van der Waals surface area contributed by atoms with E-state index in [1.54, 1.807) is 4.90 Å². The molecule has 0 unspecified atom stereocenters. The average Bonchev–Trinajstić information content (AvgIpc) is 2.76. The largest absolute Gasteiger partial charge is 0.360 e. The van der Waals surface area contributed by atoms with E-state index in [9.17, 15) is 4.79 Å². The van der Waals surface area contributed by atoms with Gasteiger partial charge in [-0.1, -0.05) is 48.5 Å². The second kappa shape index (κ2) is 8.93. The van der Waals surface area contributed by atoms with Crippen molar-refractivity contribution in [1.82, 2.24) is 0 Å². The van der Waals surface area contributed by atoms with Crippen molar-refractivity contribution in [2.45, 2.75) is 13.5 Å². The lowest BCUT2D eigenvalue weighted by Crippen LogP contribution is -3.13. The van der Waals surface area contributed by atoms with Crippen molar-refractivity contribution in [3.8, 4) is 0 Å². The van der Waals surface area contributed by atoms with E-state index in [0.29, 0.717) is 5.56 Å². The number of nitrogens with one attached hydrogen (secondary N) is 2. The molecular formula is C25H28N3O+. The second-order valence-electron chi connectivity index (χ2n) is 7.72. The summed E-state index contributed by atoms with van der Waals surface area (Å²) >= 11 is 0. The number of carbonyl (C=O) groups excluding carboxylic acids is 1. The monoisotopic (exact) mass is 386 g/mol. The molecule has 2 N–H and O–H groups in total. The van der Waals surface area contributed by atoms with Gasteiger partial charge in [-0.15, -0.1) is 0 Å². The summed E-state index contributed by atoms with van der Waals surface area (Å²) in [7, 11) is 0. The molecule has 0 aliphatic carbocycles. The van der Waals surface area contributed by atoms with Gasteiger partial charge in [0.05, 0.1) is 26.2 Å². The number of para-hydroxylation sites is 2. The number of nitrogens with zero attached hydrogens (tertiary/aromatic N) is 1. The Bertz CT molecular complexity index is 945. The van der Waals surface area contributed by atoms with Gasteiger partial charge in [0, 0.05) is 22.5 Å². The molecule has 4 rings (SSSR count). The number of anilines is 2. The van der Waals surface area contributed by atoms with E-state index < -0.39 is 0 Å². The number of piperazine rings is 1. The lowest BCUT2D eigenvalue weighted by molar-refractivity contribution is -0.914. The number of amides is 1. The first kappa shape index (κ1) is 19.2. The first-order valence-corrected chi connectivity index (χ1v) is 10.3. The van der Waals surface area contributed by atoms with Crippen LogP contribution in [-0.2, 0) is 6.54 Å². The highest BCUT2D eigenvalue weighted by Gasteiger charge is 2.21. The smallest absolute Gasteiger partial charge is 0.255 e. The van der Waals surface area contributed by atoms with E-state index in [1.165, 1.54) is 16.8 Å². The maximum atomic E-state index is 12.4. The van der Waals surface area contributed by atoms with Gasteiger partial charge in [0.15, 0.2) is 0 Å². The molecule has 4 nitrogen and oxygen atoms in total. The first-order valence-electron chi connectivity index (χ1n) is 10.3. The van der Waals surface area contributed by atoms with Crippen molar-refractivity contribution in [3.05, 3.63) is 95.6 Å². The molecule has 4 heteroatoms. The van der Waals surface area contributed by atoms with Crippen molar-refractivity contribution in [3.63, 3.8) is 0 Å². The van der Waals surface area contributed by atoms with Gasteiger partial charge < -0.3 is 15.1 Å². The molecule has 1 aliphatic heterocycles. The highest BCUT2D eigenvalue weighted by molar-refractivity contribution is 6.04. The molecule has 1 heterocycles. The summed E-state index contributed by atoms with van der Waals surface area (Å²) < 4.78 is 0. The quantitative estimate of drug-likeness (QED) is 0.707. The maximum Gasteiger partial charge on any atom is 0.255 e. The van der Waals surface area contributed by atoms with Crippen LogP contribution in [-0.4, -0.2) is 32.1 Å². The van der Waals surface area contributed by atoms with Crippen molar-refractivity contribution in [2.75, 3.05) is 36.4 Å². The summed E-state index contributed by atoms with van der Waals surface area (Å²) in [4.78, 5) is 16.5. The molecule has 148 valence electrons. The zero-order valence-electron chi connectivity index (χ0n) is 16.9. The number of quaternary nitrogens is 1. The van der Waals surface area contributed by atoms with Crippen LogP contribution >= 0.6 is 0 Å². The standard InChI is InChI=1S/C25H27N3O/c1-20-7-5-6-10-24(20)28-17-15-27(16-18-28)19-21-11-13-22(14-12-21)25(29)26-23-8-3-2-4-9-23/h2-14H,15-19H2,1H3,(H,26,29)/p+1. The van der Waals surface area contributed by atoms with Crippen LogP contribution in [0.4, 0.5) is 11.4 Å². The van der Waals surface area contributed by atoms with Gasteiger partial charge in [0.1, 0.15) is 6.54 Å². The molecule has 29 heavy (non-hydrogen) atoms. The van der Waals surface area contributed by atoms with Gasteiger partial charge in [-0.25, -0.2) is 0 Å². The van der Waals surface area contributed by atoms with Crippen molar-refractivity contribution in [1.29, 1.82) is 0 Å². The summed E-state index contributed by atoms with van der Waals surface area (Å²) in [5, 5.41) is 2.93. The zero-order valence-corrected chi connectivity index (χ0v) is 16.9. The second-order valence-corrected chi connectivity index (χ2v) is 7.72. The summed E-state index contributed by atoms with van der Waals surface area (Å²) in [5.41, 5.74) is 5.50. The summed E-state index contributed by atoms with van der Waals surface area (Å²) in [6, 6.07) is 26.2. The summed E-state index contributed by atoms with van der Waals surface area (Å²) in [6.07, 6.45) is 0. The van der Waals surface area contributed by atoms with Gasteiger partial charge in [-0.3, -0.25) is 4.79 Å². The van der Waals surface area contributed by atoms with E-state index in [2.05, 4.69) is 53.5 Å². The van der Waals surface area contributed by atoms with Crippen LogP contribution in [0.1, 0.15) is 21.5 Å². The zero-order chi connectivity index (χ0) is 20.1. The van der Waals surface area contributed by atoms with Gasteiger partial charge >= 0.3 is 0 Å². The van der Waals surface area contributed by atoms with Crippen LogP contribution in [0.15, 0.2) is 78.9 Å². The lowest BCUT2D eigenvalue weighted by Gasteiger charge is -2.34. The number of hydrogen-bond donors (Lipinski definition) is 2. The van der Waals surface area contributed by atoms with Gasteiger partial charge in [0.2, 0.25) is 0 Å². The first-order chi connectivity index (χ1) is 14.2. The molecule has 1 amide bonds. The van der Waals surface area contributed by atoms with Gasteiger partial charge in [-0.2, -0.15) is 0 Å². The van der Waals surface area contributed by atoms with Crippen LogP contribution in [0.2, 0.25) is 0 Å². The Labute approximate surface area is 172 Å². The average molecular weight is 387 g/mol. The Balaban J connectivity index is 1.30. The Morgan fingerprint density at radius 2 is 1.55 bits per heavy atom. The van der Waals surface area contributed by atoms with Gasteiger partial charge in [0.25, 0.3) is 5.91 Å². The van der Waals surface area contributed by atoms with Crippen LogP contribution in [0.25, 0.3) is 0 Å². The predicted molar refractivity (Wildman–Crippen MR) is 119 cm³/mol. The molecule has 0 atom stereocenters. The number of aryl methyl sites for hydroxylation is 1. The molecule has 1 saturated heterocycles. The number of hydrogen-bond acceptors (Lipinski definition) is 2. The topological polar surface area (TPSA) is 36.8 Å². The minimum atomic E-state index is -0.0676. The lowest BCUT2D eigenvalue weighted by atomic mass is 10.1. The molecule has 1 aliphatic rings. The highest BCUT2D eigenvalue weighted by atomic mass is 16.1. The number of rotatable bonds is 5. The summed E-state index contributed by atoms with van der Waals surface area (Å²) in [5.74, 6) is -0.0676. The molecule has 3 aromatic carbocycles. The third kappa shape index (κ3) is 4.84. The Morgan fingerprint density at radius 3 is 2.24 bits per heavy atom. The highest BCUT2D eigenvalue weighted by Crippen LogP contribution is 2.19. The predicted octanol–water partition coefficient (Wildman–Crippen LogP) is 3.15. The van der Waals surface area contributed by atoms with Crippen molar-refractivity contribution >= 4 is 17.3 Å². The molecule has 0 spiro atoms. The van der Waals surface area contributed by atoms with Crippen molar-refractivity contribution < 1.29 is 9.69 Å². The minimum absolute atomic E-state index is 0.0676. The van der Waals surface area contributed by atoms with Crippen LogP contribution in [0.5, 0.6) is 0 Å². The molecule has 1 fully saturated rings. The molecule has 0 aromatic heterocycles. The van der Waals surface area contributed by atoms with Crippen molar-refractivity contribution in [2.24, 2.45) is 0 Å². The fraction of sp³-hybridized carbons (Fsp3) is 0.240. The Hall–Kier alpha value is -3.11. The van der Waals surface area contributed by atoms with Crippen LogP contribution in [0.3, 0.4) is 0 Å². The van der Waals surface area contributed by atoms with Crippen LogP contribution < -0.4 is 15.1 Å². The third-order valence-electron chi connectivity index (χ3n) is 5.63. The van der Waals surface area contributed by atoms with E-state index in [-0.39, 0.29) is 5.91 Å². The van der Waals surface area contributed by atoms with Crippen LogP contribution in [0, 0.1) is 6.92 Å². The number of carbonyl (C=O) groups is 1. The molecule has 0 saturated carbocycles. The minimum Gasteiger partial charge on any atom is -0.360 e. The Kier molecular flexibility index (Phi) is 5.92. The van der Waals surface area contributed by atoms with E-state index in [0.717, 1.165) is 38.4 Å². The fourth-order valence-corrected chi connectivity index (χ4v) is 3.95. The molecular weight excluding hydrogens is 358 g/mol. The normalized spacial score (nSPS) is 14.6. The SMILES string of the molecule is Cc1ccccc1N1CC[NH+](Cc2ccc(C(=O)Nc3ccccc3)cc2)CC1. The third-order valence-corrected chi connectivity index (χ3v) is 5.63. The number of benzene rings is 3. The summed E-state index contributed by atoms with van der Waals surface area (Å²) in [6.45, 7) is 7.61. The molecule has 3 aromatic rings. The van der Waals surface area contributed by atoms with E-state index in [1.807, 2.05) is 42.5 Å². The van der Waals surface area contributed by atoms with E-state index >= 15 is 0 Å². The Morgan fingerprint density at radius 1 is 0.897 bits per heavy atom. The molecule has 0 radical (unpaired) electrons. The van der Waals surface area contributed by atoms with Gasteiger partial charge in [-0.05, 0) is 42.8 Å². The molecule has 0 bridgehead atoms. The van der Waals surface area contributed by atoms with E-state index in [4.69, 9.17) is 0 Å².